The molecular weight excluding hydrogens is 428 g/mol. The van der Waals surface area contributed by atoms with Crippen molar-refractivity contribution in [2.24, 2.45) is 0 Å². The van der Waals surface area contributed by atoms with Gasteiger partial charge in [0, 0.05) is 24.0 Å². The number of pyridine rings is 1. The molecule has 0 aliphatic heterocycles. The van der Waals surface area contributed by atoms with Crippen molar-refractivity contribution in [1.82, 2.24) is 0 Å². The largest absolute Gasteiger partial charge is 0.496 e. The smallest absolute Gasteiger partial charge is 0.215 e. The lowest BCUT2D eigenvalue weighted by Crippen LogP contribution is -2.34. The first-order valence-corrected chi connectivity index (χ1v) is 13.2. The fourth-order valence-corrected chi connectivity index (χ4v) is 6.02. The van der Waals surface area contributed by atoms with Crippen LogP contribution in [0.5, 0.6) is 5.75 Å². The molecule has 35 heavy (non-hydrogen) atoms. The maximum Gasteiger partial charge on any atom is 0.215 e. The normalized spacial score (nSPS) is 15.1. The molecule has 3 nitrogen and oxygen atoms in total. The Morgan fingerprint density at radius 2 is 1.63 bits per heavy atom. The number of hydrogen-bond donors (Lipinski definition) is 0. The molecule has 3 aromatic carbocycles. The van der Waals surface area contributed by atoms with Gasteiger partial charge < -0.3 is 9.64 Å². The maximum atomic E-state index is 6.12. The Labute approximate surface area is 209 Å². The minimum atomic E-state index is 0.280. The van der Waals surface area contributed by atoms with Gasteiger partial charge in [-0.1, -0.05) is 68.4 Å². The van der Waals surface area contributed by atoms with Gasteiger partial charge in [0.2, 0.25) is 5.69 Å². The van der Waals surface area contributed by atoms with Crippen molar-refractivity contribution in [3.05, 3.63) is 89.1 Å². The van der Waals surface area contributed by atoms with E-state index in [1.54, 1.807) is 0 Å². The predicted octanol–water partition coefficient (Wildman–Crippen LogP) is 7.36. The Kier molecular flexibility index (Phi) is 6.77. The second-order valence-corrected chi connectivity index (χ2v) is 9.49. The second-order valence-electron chi connectivity index (χ2n) is 9.49. The van der Waals surface area contributed by atoms with Crippen molar-refractivity contribution >= 4 is 16.5 Å². The molecule has 1 N–H and O–H groups in total. The van der Waals surface area contributed by atoms with Crippen molar-refractivity contribution in [1.29, 1.82) is 0 Å². The Hall–Kier alpha value is -3.33. The summed E-state index contributed by atoms with van der Waals surface area (Å²) >= 11 is 0. The summed E-state index contributed by atoms with van der Waals surface area (Å²) in [6.45, 7) is 7.70. The summed E-state index contributed by atoms with van der Waals surface area (Å²) < 4.78 is 6.12. The van der Waals surface area contributed by atoms with Gasteiger partial charge in [0.25, 0.3) is 0 Å². The van der Waals surface area contributed by atoms with Crippen molar-refractivity contribution in [3.63, 3.8) is 0 Å². The Bertz CT molecular complexity index is 1300. The number of rotatable bonds is 7. The number of hydrogen-bond acceptors (Lipinski definition) is 2. The standard InChI is InChI=1S/C32H36N2O/c1-5-22-14-10-15-23(6-2)31(22)27-21-30(35-4)32-26(33-27)18-12-20-29(32)34(7-3)28-19-11-16-24-13-8-9-17-25(24)28/h8-11,13-17,19,21,29H,5-7,12,18,20H2,1-4H3/p+1. The molecule has 1 atom stereocenters. The van der Waals surface area contributed by atoms with E-state index in [1.807, 2.05) is 7.11 Å². The number of anilines is 1. The van der Waals surface area contributed by atoms with Crippen LogP contribution >= 0.6 is 0 Å². The third-order valence-electron chi connectivity index (χ3n) is 7.67. The van der Waals surface area contributed by atoms with Gasteiger partial charge in [0.15, 0.2) is 5.69 Å². The van der Waals surface area contributed by atoms with Crippen molar-refractivity contribution in [2.75, 3.05) is 18.6 Å². The molecule has 5 rings (SSSR count). The van der Waals surface area contributed by atoms with Crippen molar-refractivity contribution in [2.45, 2.75) is 58.9 Å². The highest BCUT2D eigenvalue weighted by molar-refractivity contribution is 5.94. The van der Waals surface area contributed by atoms with Crippen LogP contribution in [0.15, 0.2) is 66.7 Å². The topological polar surface area (TPSA) is 26.6 Å². The average molecular weight is 466 g/mol. The molecule has 0 spiro atoms. The van der Waals surface area contributed by atoms with Gasteiger partial charge in [-0.05, 0) is 55.2 Å². The zero-order valence-electron chi connectivity index (χ0n) is 21.5. The van der Waals surface area contributed by atoms with E-state index < -0.39 is 0 Å². The first-order chi connectivity index (χ1) is 17.2. The Morgan fingerprint density at radius 3 is 2.34 bits per heavy atom. The number of aryl methyl sites for hydroxylation is 3. The molecule has 1 aliphatic rings. The summed E-state index contributed by atoms with van der Waals surface area (Å²) in [5, 5.41) is 2.60. The van der Waals surface area contributed by atoms with E-state index in [1.165, 1.54) is 50.1 Å². The quantitative estimate of drug-likeness (QED) is 0.285. The van der Waals surface area contributed by atoms with E-state index in [9.17, 15) is 0 Å². The van der Waals surface area contributed by atoms with Crippen LogP contribution in [0.4, 0.5) is 5.69 Å². The fraction of sp³-hybridized carbons (Fsp3) is 0.344. The van der Waals surface area contributed by atoms with Crippen LogP contribution in [0.25, 0.3) is 22.0 Å². The van der Waals surface area contributed by atoms with E-state index in [0.29, 0.717) is 0 Å². The molecule has 1 heterocycles. The number of fused-ring (bicyclic) bond motifs is 2. The lowest BCUT2D eigenvalue weighted by atomic mass is 9.87. The van der Waals surface area contributed by atoms with E-state index in [-0.39, 0.29) is 6.04 Å². The van der Waals surface area contributed by atoms with Crippen LogP contribution in [-0.4, -0.2) is 13.7 Å². The molecule has 180 valence electrons. The second kappa shape index (κ2) is 10.1. The summed E-state index contributed by atoms with van der Waals surface area (Å²) in [6, 6.07) is 24.6. The molecule has 1 aromatic heterocycles. The summed E-state index contributed by atoms with van der Waals surface area (Å²) in [6.07, 6.45) is 5.38. The van der Waals surface area contributed by atoms with Gasteiger partial charge in [-0.2, -0.15) is 0 Å². The number of H-pyrrole nitrogens is 1. The minimum Gasteiger partial charge on any atom is -0.496 e. The van der Waals surface area contributed by atoms with E-state index in [4.69, 9.17) is 4.74 Å². The monoisotopic (exact) mass is 465 g/mol. The number of ether oxygens (including phenoxy) is 1. The summed E-state index contributed by atoms with van der Waals surface area (Å²) in [5.41, 5.74) is 9.26. The molecule has 4 aromatic rings. The third-order valence-corrected chi connectivity index (χ3v) is 7.67. The molecule has 1 aliphatic carbocycles. The zero-order valence-corrected chi connectivity index (χ0v) is 21.5. The van der Waals surface area contributed by atoms with Crippen LogP contribution < -0.4 is 14.6 Å². The van der Waals surface area contributed by atoms with Crippen molar-refractivity contribution in [3.8, 4) is 17.0 Å². The van der Waals surface area contributed by atoms with Crippen LogP contribution in [0.3, 0.4) is 0 Å². The van der Waals surface area contributed by atoms with Gasteiger partial charge >= 0.3 is 0 Å². The SMILES string of the molecule is CCc1cccc(CC)c1-c1cc(OC)c2c([nH+]1)CCCC2N(CC)c1cccc2ccccc12. The Balaban J connectivity index is 1.66. The van der Waals surface area contributed by atoms with Gasteiger partial charge in [0.1, 0.15) is 5.75 Å². The van der Waals surface area contributed by atoms with Crippen molar-refractivity contribution < 1.29 is 9.72 Å². The number of aromatic nitrogens is 1. The fourth-order valence-electron chi connectivity index (χ4n) is 6.02. The van der Waals surface area contributed by atoms with Gasteiger partial charge in [-0.25, -0.2) is 4.98 Å². The van der Waals surface area contributed by atoms with Crippen LogP contribution in [0.2, 0.25) is 0 Å². The molecule has 0 saturated carbocycles. The molecule has 1 unspecified atom stereocenters. The maximum absolute atomic E-state index is 6.12. The predicted molar refractivity (Wildman–Crippen MR) is 146 cm³/mol. The van der Waals surface area contributed by atoms with Gasteiger partial charge in [-0.3, -0.25) is 0 Å². The van der Waals surface area contributed by atoms with E-state index in [0.717, 1.165) is 44.4 Å². The van der Waals surface area contributed by atoms with Crippen LogP contribution in [0.1, 0.15) is 62.0 Å². The van der Waals surface area contributed by atoms with Crippen LogP contribution in [-0.2, 0) is 19.3 Å². The Morgan fingerprint density at radius 1 is 0.914 bits per heavy atom. The highest BCUT2D eigenvalue weighted by Gasteiger charge is 2.34. The summed E-state index contributed by atoms with van der Waals surface area (Å²) in [4.78, 5) is 6.47. The lowest BCUT2D eigenvalue weighted by Gasteiger charge is -2.36. The third kappa shape index (κ3) is 4.18. The van der Waals surface area contributed by atoms with Gasteiger partial charge in [-0.15, -0.1) is 0 Å². The number of benzene rings is 3. The van der Waals surface area contributed by atoms with Gasteiger partial charge in [0.05, 0.1) is 30.3 Å². The number of aromatic amines is 1. The highest BCUT2D eigenvalue weighted by Crippen LogP contribution is 2.43. The van der Waals surface area contributed by atoms with E-state index in [2.05, 4.69) is 97.4 Å². The van der Waals surface area contributed by atoms with E-state index >= 15 is 0 Å². The molecule has 0 bridgehead atoms. The number of methoxy groups -OCH3 is 1. The summed E-state index contributed by atoms with van der Waals surface area (Å²) in [7, 11) is 1.83. The molecule has 0 amide bonds. The molecule has 3 heteroatoms. The number of nitrogens with one attached hydrogen (secondary N) is 1. The first kappa shape index (κ1) is 23.4. The molecule has 0 fully saturated rings. The lowest BCUT2D eigenvalue weighted by molar-refractivity contribution is -0.379. The number of nitrogens with zero attached hydrogens (tertiary/aromatic N) is 1. The molecular formula is C32H37N2O+. The highest BCUT2D eigenvalue weighted by atomic mass is 16.5. The minimum absolute atomic E-state index is 0.280. The first-order valence-electron chi connectivity index (χ1n) is 13.2. The average Bonchev–Trinajstić information content (AvgIpc) is 2.92. The van der Waals surface area contributed by atoms with Crippen LogP contribution in [0, 0.1) is 0 Å². The molecule has 0 saturated heterocycles. The zero-order chi connectivity index (χ0) is 24.4. The molecule has 0 radical (unpaired) electrons. The summed E-state index contributed by atoms with van der Waals surface area (Å²) in [5.74, 6) is 1.00.